The maximum atomic E-state index is 12.9. The van der Waals surface area contributed by atoms with Crippen LogP contribution in [0, 0.1) is 17.8 Å². The molecule has 6 atom stereocenters. The monoisotopic (exact) mass is 1140 g/mol. The summed E-state index contributed by atoms with van der Waals surface area (Å²) in [5, 5.41) is 10.5. The molecular formula is C58H112O17P2. The highest BCUT2D eigenvalue weighted by atomic mass is 31.2. The zero-order valence-corrected chi connectivity index (χ0v) is 51.2. The Kier molecular flexibility index (Phi) is 48.6. The first kappa shape index (κ1) is 75.1. The van der Waals surface area contributed by atoms with Crippen LogP contribution < -0.4 is 0 Å². The Labute approximate surface area is 467 Å². The van der Waals surface area contributed by atoms with Crippen LogP contribution in [0.4, 0.5) is 0 Å². The number of aliphatic hydroxyl groups excluding tert-OH is 1. The molecule has 19 heteroatoms. The molecular weight excluding hydrogens is 1030 g/mol. The maximum absolute atomic E-state index is 12.9. The van der Waals surface area contributed by atoms with E-state index in [-0.39, 0.29) is 25.7 Å². The van der Waals surface area contributed by atoms with E-state index in [2.05, 4.69) is 48.5 Å². The first-order valence-corrected chi connectivity index (χ1v) is 33.4. The summed E-state index contributed by atoms with van der Waals surface area (Å²) in [6.45, 7) is 11.5. The molecule has 0 fully saturated rings. The quantitative estimate of drug-likeness (QED) is 0.0222. The number of ether oxygens (including phenoxy) is 4. The van der Waals surface area contributed by atoms with Crippen molar-refractivity contribution in [1.29, 1.82) is 0 Å². The number of carbonyl (C=O) groups is 4. The number of rotatable bonds is 56. The van der Waals surface area contributed by atoms with Gasteiger partial charge in [-0.15, -0.1) is 0 Å². The van der Waals surface area contributed by atoms with Crippen molar-refractivity contribution < 1.29 is 80.2 Å². The second-order valence-corrected chi connectivity index (χ2v) is 25.1. The van der Waals surface area contributed by atoms with Gasteiger partial charge >= 0.3 is 39.5 Å². The fourth-order valence-corrected chi connectivity index (χ4v) is 9.97. The summed E-state index contributed by atoms with van der Waals surface area (Å²) < 4.78 is 67.6. The zero-order chi connectivity index (χ0) is 57.4. The predicted octanol–water partition coefficient (Wildman–Crippen LogP) is 15.2. The summed E-state index contributed by atoms with van der Waals surface area (Å²) in [5.41, 5.74) is 0. The SMILES string of the molecule is CCCCCCCCCCC(=O)OC[C@H](COP(=O)(O)OC[C@H](O)COP(=O)(O)OC[C@@H](COC(=O)CCCCCCCCC(C)CC)OC(=O)CCCCCCCCCC(C)C)OC(=O)CCCCCCCCC(C)C. The molecule has 0 heterocycles. The predicted molar refractivity (Wildman–Crippen MR) is 303 cm³/mol. The van der Waals surface area contributed by atoms with Gasteiger partial charge in [-0.2, -0.15) is 0 Å². The molecule has 0 amide bonds. The van der Waals surface area contributed by atoms with E-state index in [0.29, 0.717) is 37.5 Å². The number of unbranched alkanes of at least 4 members (excludes halogenated alkanes) is 23. The van der Waals surface area contributed by atoms with Crippen molar-refractivity contribution in [1.82, 2.24) is 0 Å². The fourth-order valence-electron chi connectivity index (χ4n) is 8.39. The van der Waals surface area contributed by atoms with Crippen molar-refractivity contribution in [3.8, 4) is 0 Å². The van der Waals surface area contributed by atoms with E-state index in [1.54, 1.807) is 0 Å². The highest BCUT2D eigenvalue weighted by Crippen LogP contribution is 2.45. The Hall–Kier alpha value is -1.94. The molecule has 0 aromatic rings. The molecule has 0 aromatic heterocycles. The Morgan fingerprint density at radius 2 is 0.662 bits per heavy atom. The summed E-state index contributed by atoms with van der Waals surface area (Å²) >= 11 is 0. The van der Waals surface area contributed by atoms with Gasteiger partial charge in [0.05, 0.1) is 26.4 Å². The van der Waals surface area contributed by atoms with Crippen LogP contribution in [-0.4, -0.2) is 96.7 Å². The van der Waals surface area contributed by atoms with Crippen LogP contribution in [-0.2, 0) is 65.4 Å². The minimum absolute atomic E-state index is 0.101. The average Bonchev–Trinajstić information content (AvgIpc) is 3.38. The van der Waals surface area contributed by atoms with Crippen molar-refractivity contribution in [3.63, 3.8) is 0 Å². The summed E-state index contributed by atoms with van der Waals surface area (Å²) in [7, 11) is -9.87. The van der Waals surface area contributed by atoms with E-state index >= 15 is 0 Å². The van der Waals surface area contributed by atoms with E-state index in [1.165, 1.54) is 70.6 Å². The molecule has 0 radical (unpaired) electrons. The first-order valence-electron chi connectivity index (χ1n) is 30.4. The number of hydrogen-bond acceptors (Lipinski definition) is 15. The molecule has 17 nitrogen and oxygen atoms in total. The number of esters is 4. The van der Waals surface area contributed by atoms with Gasteiger partial charge in [0, 0.05) is 25.7 Å². The maximum Gasteiger partial charge on any atom is 0.472 e. The van der Waals surface area contributed by atoms with Crippen molar-refractivity contribution in [2.24, 2.45) is 17.8 Å². The van der Waals surface area contributed by atoms with Gasteiger partial charge in [-0.1, -0.05) is 222 Å². The molecule has 0 aliphatic rings. The number of phosphoric acid groups is 2. The Balaban J connectivity index is 5.24. The minimum atomic E-state index is -4.94. The third-order valence-electron chi connectivity index (χ3n) is 13.5. The highest BCUT2D eigenvalue weighted by Gasteiger charge is 2.30. The van der Waals surface area contributed by atoms with Crippen molar-refractivity contribution in [2.45, 2.75) is 292 Å². The van der Waals surface area contributed by atoms with Gasteiger partial charge in [0.2, 0.25) is 0 Å². The Morgan fingerprint density at radius 3 is 0.987 bits per heavy atom. The third-order valence-corrected chi connectivity index (χ3v) is 15.4. The number of hydrogen-bond donors (Lipinski definition) is 3. The molecule has 456 valence electrons. The standard InChI is InChI=1S/C58H112O17P2/c1-8-10-11-12-13-16-25-32-39-55(60)68-45-54(75-58(63)42-35-28-20-18-23-30-37-50(5)6)48-73-77(66,67)71-44-52(59)43-70-76(64,65)72-47-53(74-57(62)41-34-27-17-14-15-22-29-36-49(3)4)46-69-56(61)40-33-26-21-19-24-31-38-51(7)9-2/h49-54,59H,8-48H2,1-7H3,(H,64,65)(H,66,67)/t51?,52-,53-,54-/m1/s1. The number of aliphatic hydroxyl groups is 1. The molecule has 0 rings (SSSR count). The molecule has 0 spiro atoms. The molecule has 3 N–H and O–H groups in total. The van der Waals surface area contributed by atoms with Gasteiger partial charge in [0.25, 0.3) is 0 Å². The van der Waals surface area contributed by atoms with Crippen LogP contribution in [0.3, 0.4) is 0 Å². The number of carbonyl (C=O) groups excluding carboxylic acids is 4. The van der Waals surface area contributed by atoms with Crippen molar-refractivity contribution in [2.75, 3.05) is 39.6 Å². The summed E-state index contributed by atoms with van der Waals surface area (Å²) in [5.74, 6) is -0.0575. The number of phosphoric ester groups is 2. The lowest BCUT2D eigenvalue weighted by atomic mass is 10.00. The molecule has 0 bridgehead atoms. The largest absolute Gasteiger partial charge is 0.472 e. The summed E-state index contributed by atoms with van der Waals surface area (Å²) in [6.07, 6.45) is 28.3. The second kappa shape index (κ2) is 49.8. The van der Waals surface area contributed by atoms with Gasteiger partial charge < -0.3 is 33.8 Å². The lowest BCUT2D eigenvalue weighted by molar-refractivity contribution is -0.161. The van der Waals surface area contributed by atoms with Gasteiger partial charge in [0.1, 0.15) is 19.3 Å². The molecule has 77 heavy (non-hydrogen) atoms. The van der Waals surface area contributed by atoms with E-state index in [4.69, 9.17) is 37.0 Å². The fraction of sp³-hybridized carbons (Fsp3) is 0.931. The molecule has 3 unspecified atom stereocenters. The van der Waals surface area contributed by atoms with Gasteiger partial charge in [-0.05, 0) is 43.4 Å². The smallest absolute Gasteiger partial charge is 0.462 e. The Morgan fingerprint density at radius 1 is 0.377 bits per heavy atom. The summed E-state index contributed by atoms with van der Waals surface area (Å²) in [4.78, 5) is 71.8. The average molecular weight is 1140 g/mol. The molecule has 0 aromatic carbocycles. The van der Waals surface area contributed by atoms with Crippen LogP contribution in [0.15, 0.2) is 0 Å². The van der Waals surface area contributed by atoms with Crippen LogP contribution >= 0.6 is 15.6 Å². The van der Waals surface area contributed by atoms with E-state index in [1.807, 2.05) is 0 Å². The van der Waals surface area contributed by atoms with Crippen LogP contribution in [0.2, 0.25) is 0 Å². The van der Waals surface area contributed by atoms with Gasteiger partial charge in [-0.25, -0.2) is 9.13 Å². The van der Waals surface area contributed by atoms with Crippen molar-refractivity contribution in [3.05, 3.63) is 0 Å². The van der Waals surface area contributed by atoms with Crippen molar-refractivity contribution >= 4 is 39.5 Å². The third kappa shape index (κ3) is 51.9. The minimum Gasteiger partial charge on any atom is -0.462 e. The molecule has 0 saturated carbocycles. The van der Waals surface area contributed by atoms with E-state index in [9.17, 15) is 43.2 Å². The van der Waals surface area contributed by atoms with Gasteiger partial charge in [-0.3, -0.25) is 37.3 Å². The zero-order valence-electron chi connectivity index (χ0n) is 49.4. The van der Waals surface area contributed by atoms with E-state index < -0.39 is 97.5 Å². The lowest BCUT2D eigenvalue weighted by Gasteiger charge is -2.21. The molecule has 0 aliphatic heterocycles. The first-order chi connectivity index (χ1) is 36.8. The summed E-state index contributed by atoms with van der Waals surface area (Å²) in [6, 6.07) is 0. The van der Waals surface area contributed by atoms with E-state index in [0.717, 1.165) is 109 Å². The van der Waals surface area contributed by atoms with Gasteiger partial charge in [0.15, 0.2) is 12.2 Å². The second-order valence-electron chi connectivity index (χ2n) is 22.2. The van der Waals surface area contributed by atoms with Crippen LogP contribution in [0.1, 0.15) is 273 Å². The molecule has 0 saturated heterocycles. The lowest BCUT2D eigenvalue weighted by Crippen LogP contribution is -2.30. The normalized spacial score (nSPS) is 14.9. The topological polar surface area (TPSA) is 237 Å². The van der Waals surface area contributed by atoms with Crippen LogP contribution in [0.25, 0.3) is 0 Å². The van der Waals surface area contributed by atoms with Crippen LogP contribution in [0.5, 0.6) is 0 Å². The Bertz CT molecular complexity index is 1550. The molecule has 0 aliphatic carbocycles. The highest BCUT2D eigenvalue weighted by molar-refractivity contribution is 7.47.